The van der Waals surface area contributed by atoms with Gasteiger partial charge in [-0.1, -0.05) is 92.4 Å². The van der Waals surface area contributed by atoms with Crippen molar-refractivity contribution in [3.05, 3.63) is 0 Å². The molecule has 0 heterocycles. The van der Waals surface area contributed by atoms with Crippen molar-refractivity contribution >= 4 is 0 Å². The van der Waals surface area contributed by atoms with E-state index in [0.717, 1.165) is 36.7 Å². The molecule has 0 aliphatic rings. The molecule has 0 aliphatic carbocycles. The van der Waals surface area contributed by atoms with Crippen LogP contribution in [-0.2, 0) is 33.2 Å². The molecule has 8 heteroatoms. The van der Waals surface area contributed by atoms with E-state index < -0.39 is 0 Å². The first-order valence-corrected chi connectivity index (χ1v) is 17.1. The lowest BCUT2D eigenvalue weighted by atomic mass is 9.91. The smallest absolute Gasteiger partial charge is 0.0701 e. The first-order chi connectivity index (χ1) is 20.5. The topological polar surface area (TPSA) is 84.8 Å². The molecule has 0 aliphatic heterocycles. The van der Waals surface area contributed by atoms with Crippen molar-refractivity contribution in [1.82, 2.24) is 0 Å². The number of hydrogen-bond acceptors (Lipinski definition) is 8. The Balaban J connectivity index is 3.28. The van der Waals surface area contributed by atoms with Crippen molar-refractivity contribution in [2.75, 3.05) is 99.1 Å². The van der Waals surface area contributed by atoms with Crippen LogP contribution in [0.15, 0.2) is 0 Å². The minimum absolute atomic E-state index is 0.0373. The van der Waals surface area contributed by atoms with Gasteiger partial charge in [-0.25, -0.2) is 0 Å². The van der Waals surface area contributed by atoms with Crippen molar-refractivity contribution < 1.29 is 38.3 Å². The number of aliphatic hydroxyl groups excluding tert-OH is 1. The van der Waals surface area contributed by atoms with E-state index >= 15 is 0 Å². The van der Waals surface area contributed by atoms with Crippen molar-refractivity contribution in [2.24, 2.45) is 23.7 Å². The van der Waals surface area contributed by atoms with Crippen LogP contribution < -0.4 is 0 Å². The highest BCUT2D eigenvalue weighted by atomic mass is 16.6. The summed E-state index contributed by atoms with van der Waals surface area (Å²) in [6.45, 7) is 19.7. The van der Waals surface area contributed by atoms with Gasteiger partial charge in [0.15, 0.2) is 0 Å². The Morgan fingerprint density at radius 3 is 0.905 bits per heavy atom. The Bertz CT molecular complexity index is 508. The zero-order valence-corrected chi connectivity index (χ0v) is 28.3. The van der Waals surface area contributed by atoms with Crippen LogP contribution in [-0.4, -0.2) is 104 Å². The second-order valence-electron chi connectivity index (χ2n) is 12.3. The predicted octanol–water partition coefficient (Wildman–Crippen LogP) is 6.56. The molecule has 0 radical (unpaired) electrons. The summed E-state index contributed by atoms with van der Waals surface area (Å²) < 4.78 is 38.2. The minimum Gasteiger partial charge on any atom is -0.394 e. The lowest BCUT2D eigenvalue weighted by molar-refractivity contribution is -0.0217. The first-order valence-electron chi connectivity index (χ1n) is 17.1. The highest BCUT2D eigenvalue weighted by molar-refractivity contribution is 4.61. The summed E-state index contributed by atoms with van der Waals surface area (Å²) in [5.41, 5.74) is 0. The van der Waals surface area contributed by atoms with E-state index in [2.05, 4.69) is 34.6 Å². The maximum atomic E-state index is 8.59. The van der Waals surface area contributed by atoms with Crippen LogP contribution in [0.2, 0.25) is 0 Å². The quantitative estimate of drug-likeness (QED) is 0.0812. The normalized spacial score (nSPS) is 14.1. The molecule has 254 valence electrons. The second kappa shape index (κ2) is 33.6. The third-order valence-corrected chi connectivity index (χ3v) is 7.49. The summed E-state index contributed by atoms with van der Waals surface area (Å²) in [5.74, 6) is 3.33. The molecule has 1 unspecified atom stereocenters. The summed E-state index contributed by atoms with van der Waals surface area (Å²) in [4.78, 5) is 0. The average molecular weight is 607 g/mol. The van der Waals surface area contributed by atoms with Crippen molar-refractivity contribution in [3.8, 4) is 0 Å². The van der Waals surface area contributed by atoms with Gasteiger partial charge < -0.3 is 38.3 Å². The first kappa shape index (κ1) is 41.7. The molecule has 0 spiro atoms. The van der Waals surface area contributed by atoms with E-state index in [-0.39, 0.29) is 6.61 Å². The molecule has 0 amide bonds. The maximum absolute atomic E-state index is 8.59. The van der Waals surface area contributed by atoms with Gasteiger partial charge in [-0.2, -0.15) is 0 Å². The van der Waals surface area contributed by atoms with Gasteiger partial charge in [0.1, 0.15) is 0 Å². The zero-order chi connectivity index (χ0) is 30.9. The molecule has 3 atom stereocenters. The van der Waals surface area contributed by atoms with Gasteiger partial charge >= 0.3 is 0 Å². The molecule has 0 fully saturated rings. The molecule has 0 rings (SSSR count). The Kier molecular flexibility index (Phi) is 33.3. The highest BCUT2D eigenvalue weighted by Gasteiger charge is 2.08. The third-order valence-electron chi connectivity index (χ3n) is 7.49. The van der Waals surface area contributed by atoms with Crippen LogP contribution in [0.1, 0.15) is 98.8 Å². The molecule has 0 aromatic rings. The molecule has 0 bridgehead atoms. The van der Waals surface area contributed by atoms with Gasteiger partial charge in [0, 0.05) is 6.61 Å². The highest BCUT2D eigenvalue weighted by Crippen LogP contribution is 2.22. The van der Waals surface area contributed by atoms with Crippen LogP contribution in [0.5, 0.6) is 0 Å². The molecular weight excluding hydrogens is 536 g/mol. The molecule has 8 nitrogen and oxygen atoms in total. The number of ether oxygens (including phenoxy) is 7. The lowest BCUT2D eigenvalue weighted by Crippen LogP contribution is -2.14. The van der Waals surface area contributed by atoms with Crippen LogP contribution in [0, 0.1) is 23.7 Å². The van der Waals surface area contributed by atoms with E-state index in [0.29, 0.717) is 85.9 Å². The Labute approximate surface area is 259 Å². The SMILES string of the molecule is CC(C)CCC[C@@H](C)CCC[C@@H](C)CCCC(C)CCOCCOCCOCCOCCOCCOCCOCCO. The van der Waals surface area contributed by atoms with Crippen LogP contribution in [0.25, 0.3) is 0 Å². The van der Waals surface area contributed by atoms with Crippen LogP contribution >= 0.6 is 0 Å². The summed E-state index contributed by atoms with van der Waals surface area (Å²) >= 11 is 0. The van der Waals surface area contributed by atoms with Crippen molar-refractivity contribution in [2.45, 2.75) is 98.8 Å². The predicted molar refractivity (Wildman–Crippen MR) is 171 cm³/mol. The lowest BCUT2D eigenvalue weighted by Gasteiger charge is -2.16. The monoisotopic (exact) mass is 607 g/mol. The van der Waals surface area contributed by atoms with Gasteiger partial charge in [0.25, 0.3) is 0 Å². The van der Waals surface area contributed by atoms with E-state index in [4.69, 9.17) is 38.3 Å². The average Bonchev–Trinajstić information content (AvgIpc) is 2.95. The molecule has 0 saturated carbocycles. The maximum Gasteiger partial charge on any atom is 0.0701 e. The van der Waals surface area contributed by atoms with E-state index in [1.54, 1.807) is 0 Å². The summed E-state index contributed by atoms with van der Waals surface area (Å²) in [5, 5.41) is 8.59. The number of rotatable bonds is 35. The number of aliphatic hydroxyl groups is 1. The fourth-order valence-corrected chi connectivity index (χ4v) is 4.71. The second-order valence-corrected chi connectivity index (χ2v) is 12.3. The van der Waals surface area contributed by atoms with E-state index in [9.17, 15) is 0 Å². The Morgan fingerprint density at radius 1 is 0.333 bits per heavy atom. The molecule has 42 heavy (non-hydrogen) atoms. The van der Waals surface area contributed by atoms with Gasteiger partial charge in [-0.3, -0.25) is 0 Å². The van der Waals surface area contributed by atoms with Gasteiger partial charge in [0.05, 0.1) is 92.5 Å². The molecule has 1 N–H and O–H groups in total. The molecule has 0 saturated heterocycles. The zero-order valence-electron chi connectivity index (χ0n) is 28.3. The van der Waals surface area contributed by atoms with E-state index in [1.165, 1.54) is 57.8 Å². The molecule has 0 aromatic carbocycles. The third kappa shape index (κ3) is 34.2. The van der Waals surface area contributed by atoms with E-state index in [1.807, 2.05) is 0 Å². The fourth-order valence-electron chi connectivity index (χ4n) is 4.71. The van der Waals surface area contributed by atoms with Crippen LogP contribution in [0.4, 0.5) is 0 Å². The number of hydrogen-bond donors (Lipinski definition) is 1. The summed E-state index contributed by atoms with van der Waals surface area (Å²) in [7, 11) is 0. The minimum atomic E-state index is 0.0373. The standard InChI is InChI=1S/C34H70O8/c1-31(2)9-6-10-32(3)11-7-12-33(4)13-8-14-34(5)15-17-36-19-21-38-23-25-40-27-29-42-30-28-41-26-24-39-22-20-37-18-16-35/h31-35H,6-30H2,1-5H3/t32-,33-,34?/m1/s1. The van der Waals surface area contributed by atoms with Gasteiger partial charge in [-0.15, -0.1) is 0 Å². The Hall–Kier alpha value is -0.320. The van der Waals surface area contributed by atoms with Crippen molar-refractivity contribution in [1.29, 1.82) is 0 Å². The summed E-state index contributed by atoms with van der Waals surface area (Å²) in [6, 6.07) is 0. The molecular formula is C34H70O8. The van der Waals surface area contributed by atoms with Gasteiger partial charge in [0.2, 0.25) is 0 Å². The summed E-state index contributed by atoms with van der Waals surface area (Å²) in [6.07, 6.45) is 13.5. The fraction of sp³-hybridized carbons (Fsp3) is 1.00. The van der Waals surface area contributed by atoms with Gasteiger partial charge in [-0.05, 0) is 30.1 Å². The van der Waals surface area contributed by atoms with Crippen molar-refractivity contribution in [3.63, 3.8) is 0 Å². The van der Waals surface area contributed by atoms with Crippen LogP contribution in [0.3, 0.4) is 0 Å². The Morgan fingerprint density at radius 2 is 0.595 bits per heavy atom. The molecule has 0 aromatic heterocycles. The largest absolute Gasteiger partial charge is 0.394 e.